The van der Waals surface area contributed by atoms with E-state index < -0.39 is 26.6 Å². The molecule has 174 valence electrons. The minimum atomic E-state index is -4.22. The molecule has 0 aliphatic carbocycles. The molecule has 1 atom stereocenters. The van der Waals surface area contributed by atoms with Crippen molar-refractivity contribution in [3.05, 3.63) is 83.6 Å². The minimum Gasteiger partial charge on any atom is -0.370 e. The first-order valence-electron chi connectivity index (χ1n) is 10.7. The van der Waals surface area contributed by atoms with Crippen LogP contribution in [0, 0.1) is 18.6 Å². The summed E-state index contributed by atoms with van der Waals surface area (Å²) in [4.78, 5) is 7.59. The van der Waals surface area contributed by atoms with Gasteiger partial charge in [-0.3, -0.25) is 9.62 Å². The number of anilines is 2. The number of pyridine rings is 1. The highest BCUT2D eigenvalue weighted by molar-refractivity contribution is 7.92. The van der Waals surface area contributed by atoms with Gasteiger partial charge < -0.3 is 4.90 Å². The number of aromatic nitrogens is 1. The Labute approximate surface area is 192 Å². The van der Waals surface area contributed by atoms with Gasteiger partial charge in [0.05, 0.1) is 6.20 Å². The Bertz CT molecular complexity index is 1220. The van der Waals surface area contributed by atoms with E-state index in [9.17, 15) is 17.2 Å². The number of sulfonamides is 1. The number of halogens is 2. The lowest BCUT2D eigenvalue weighted by Gasteiger charge is -2.29. The molecule has 0 spiro atoms. The summed E-state index contributed by atoms with van der Waals surface area (Å²) >= 11 is 0. The average molecular weight is 473 g/mol. The topological polar surface area (TPSA) is 65.5 Å². The zero-order valence-electron chi connectivity index (χ0n) is 18.5. The Kier molecular flexibility index (Phi) is 6.62. The van der Waals surface area contributed by atoms with Crippen LogP contribution in [0.25, 0.3) is 0 Å². The molecule has 4 rings (SSSR count). The summed E-state index contributed by atoms with van der Waals surface area (Å²) in [5.41, 5.74) is 2.55. The molecule has 1 unspecified atom stereocenters. The van der Waals surface area contributed by atoms with Crippen molar-refractivity contribution in [2.75, 3.05) is 29.8 Å². The summed E-state index contributed by atoms with van der Waals surface area (Å²) in [6.07, 6.45) is 1.82. The summed E-state index contributed by atoms with van der Waals surface area (Å²) < 4.78 is 55.6. The first-order chi connectivity index (χ1) is 15.7. The van der Waals surface area contributed by atoms with Crippen molar-refractivity contribution in [1.29, 1.82) is 0 Å². The predicted molar refractivity (Wildman–Crippen MR) is 125 cm³/mol. The summed E-state index contributed by atoms with van der Waals surface area (Å²) in [5.74, 6) is -1.53. The van der Waals surface area contributed by atoms with Crippen LogP contribution in [0.2, 0.25) is 0 Å². The van der Waals surface area contributed by atoms with Crippen molar-refractivity contribution in [2.24, 2.45) is 0 Å². The molecule has 1 aromatic heterocycles. The summed E-state index contributed by atoms with van der Waals surface area (Å²) in [6.45, 7) is 4.40. The van der Waals surface area contributed by atoms with Gasteiger partial charge in [-0.2, -0.15) is 0 Å². The first kappa shape index (κ1) is 23.1. The van der Waals surface area contributed by atoms with Crippen LogP contribution in [-0.4, -0.2) is 44.5 Å². The molecule has 0 amide bonds. The van der Waals surface area contributed by atoms with Crippen LogP contribution >= 0.6 is 0 Å². The van der Waals surface area contributed by atoms with Crippen LogP contribution in [0.4, 0.5) is 20.3 Å². The van der Waals surface area contributed by atoms with Crippen LogP contribution in [0.3, 0.4) is 0 Å². The van der Waals surface area contributed by atoms with Crippen LogP contribution in [0.15, 0.2) is 65.7 Å². The fourth-order valence-electron chi connectivity index (χ4n) is 4.17. The third-order valence-corrected chi connectivity index (χ3v) is 7.30. The van der Waals surface area contributed by atoms with Crippen LogP contribution in [0.1, 0.15) is 17.5 Å². The van der Waals surface area contributed by atoms with Gasteiger partial charge in [-0.1, -0.05) is 30.3 Å². The van der Waals surface area contributed by atoms with E-state index in [-0.39, 0.29) is 11.9 Å². The van der Waals surface area contributed by atoms with Gasteiger partial charge in [-0.05, 0) is 48.7 Å². The van der Waals surface area contributed by atoms with Crippen molar-refractivity contribution < 1.29 is 17.2 Å². The summed E-state index contributed by atoms with van der Waals surface area (Å²) in [6, 6.07) is 15.3. The Morgan fingerprint density at radius 3 is 2.61 bits per heavy atom. The molecule has 1 N–H and O–H groups in total. The van der Waals surface area contributed by atoms with Gasteiger partial charge in [0.2, 0.25) is 0 Å². The molecule has 2 aromatic carbocycles. The second kappa shape index (κ2) is 9.44. The van der Waals surface area contributed by atoms with Gasteiger partial charge in [0, 0.05) is 38.4 Å². The molecule has 1 aliphatic rings. The van der Waals surface area contributed by atoms with Gasteiger partial charge in [0.15, 0.2) is 0 Å². The molecule has 0 saturated carbocycles. The SMILES string of the molecule is Cc1cc(S(=O)(=O)Nc2ccc(F)cn2)c(F)cc1N(C)C1CCN(Cc2ccccc2)C1. The van der Waals surface area contributed by atoms with Crippen molar-refractivity contribution in [2.45, 2.75) is 30.8 Å². The van der Waals surface area contributed by atoms with Gasteiger partial charge in [-0.25, -0.2) is 22.2 Å². The Morgan fingerprint density at radius 1 is 1.15 bits per heavy atom. The number of likely N-dealkylation sites (N-methyl/N-ethyl adjacent to an activating group) is 1. The number of nitrogens with zero attached hydrogens (tertiary/aromatic N) is 3. The van der Waals surface area contributed by atoms with E-state index in [1.807, 2.05) is 30.1 Å². The zero-order valence-corrected chi connectivity index (χ0v) is 19.3. The first-order valence-corrected chi connectivity index (χ1v) is 12.1. The fourth-order valence-corrected chi connectivity index (χ4v) is 5.32. The number of rotatable bonds is 7. The van der Waals surface area contributed by atoms with Crippen molar-refractivity contribution in [3.8, 4) is 0 Å². The molecular formula is C24H26F2N4O2S. The van der Waals surface area contributed by atoms with E-state index in [1.54, 1.807) is 6.92 Å². The molecule has 6 nitrogen and oxygen atoms in total. The highest BCUT2D eigenvalue weighted by atomic mass is 32.2. The lowest BCUT2D eigenvalue weighted by Crippen LogP contribution is -2.35. The molecule has 3 aromatic rings. The number of hydrogen-bond acceptors (Lipinski definition) is 5. The third-order valence-electron chi connectivity index (χ3n) is 5.93. The maximum Gasteiger partial charge on any atom is 0.265 e. The number of likely N-dealkylation sites (tertiary alicyclic amines) is 1. The third kappa shape index (κ3) is 5.31. The van der Waals surface area contributed by atoms with E-state index in [2.05, 4.69) is 26.7 Å². The van der Waals surface area contributed by atoms with E-state index in [1.165, 1.54) is 23.8 Å². The van der Waals surface area contributed by atoms with Gasteiger partial charge in [-0.15, -0.1) is 0 Å². The molecule has 2 heterocycles. The molecule has 33 heavy (non-hydrogen) atoms. The maximum absolute atomic E-state index is 15.0. The lowest BCUT2D eigenvalue weighted by atomic mass is 10.1. The molecule has 0 radical (unpaired) electrons. The minimum absolute atomic E-state index is 0.0842. The predicted octanol–water partition coefficient (Wildman–Crippen LogP) is 4.18. The molecule has 1 aliphatic heterocycles. The van der Waals surface area contributed by atoms with Gasteiger partial charge in [0.1, 0.15) is 22.3 Å². The Hall–Kier alpha value is -3.04. The maximum atomic E-state index is 15.0. The number of nitrogens with one attached hydrogen (secondary N) is 1. The van der Waals surface area contributed by atoms with Crippen LogP contribution < -0.4 is 9.62 Å². The average Bonchev–Trinajstić information content (AvgIpc) is 3.25. The summed E-state index contributed by atoms with van der Waals surface area (Å²) in [7, 11) is -2.31. The van der Waals surface area contributed by atoms with E-state index in [0.29, 0.717) is 11.3 Å². The lowest BCUT2D eigenvalue weighted by molar-refractivity contribution is 0.326. The molecule has 9 heteroatoms. The molecule has 1 fully saturated rings. The van der Waals surface area contributed by atoms with Crippen molar-refractivity contribution >= 4 is 21.5 Å². The molecule has 0 bridgehead atoms. The van der Waals surface area contributed by atoms with Crippen LogP contribution in [-0.2, 0) is 16.6 Å². The summed E-state index contributed by atoms with van der Waals surface area (Å²) in [5, 5.41) is 0. The molecular weight excluding hydrogens is 446 g/mol. The van der Waals surface area contributed by atoms with E-state index in [4.69, 9.17) is 0 Å². The largest absolute Gasteiger partial charge is 0.370 e. The van der Waals surface area contributed by atoms with Gasteiger partial charge >= 0.3 is 0 Å². The second-order valence-electron chi connectivity index (χ2n) is 8.31. The number of hydrogen-bond donors (Lipinski definition) is 1. The van der Waals surface area contributed by atoms with E-state index in [0.717, 1.165) is 38.3 Å². The number of benzene rings is 2. The zero-order chi connectivity index (χ0) is 23.6. The molecule has 1 saturated heterocycles. The normalized spacial score (nSPS) is 16.7. The standard InChI is InChI=1S/C24H26F2N4O2S/c1-17-12-23(33(31,32)28-24-9-8-19(25)14-27-24)21(26)13-22(17)29(2)20-10-11-30(16-20)15-18-6-4-3-5-7-18/h3-9,12-14,20H,10-11,15-16H2,1-2H3,(H,27,28). The Morgan fingerprint density at radius 2 is 1.91 bits per heavy atom. The van der Waals surface area contributed by atoms with Crippen molar-refractivity contribution in [3.63, 3.8) is 0 Å². The van der Waals surface area contributed by atoms with Crippen molar-refractivity contribution in [1.82, 2.24) is 9.88 Å². The number of aryl methyl sites for hydroxylation is 1. The van der Waals surface area contributed by atoms with Gasteiger partial charge in [0.25, 0.3) is 10.0 Å². The smallest absolute Gasteiger partial charge is 0.265 e. The van der Waals surface area contributed by atoms with Crippen LogP contribution in [0.5, 0.6) is 0 Å². The highest BCUT2D eigenvalue weighted by Gasteiger charge is 2.28. The Balaban J connectivity index is 1.49. The highest BCUT2D eigenvalue weighted by Crippen LogP contribution is 2.30. The monoisotopic (exact) mass is 472 g/mol. The van der Waals surface area contributed by atoms with E-state index >= 15 is 0 Å². The second-order valence-corrected chi connectivity index (χ2v) is 9.96. The quantitative estimate of drug-likeness (QED) is 0.559. The fraction of sp³-hybridized carbons (Fsp3) is 0.292.